The van der Waals surface area contributed by atoms with Crippen LogP contribution in [0.2, 0.25) is 0 Å². The van der Waals surface area contributed by atoms with Crippen LogP contribution in [0.15, 0.2) is 24.3 Å². The van der Waals surface area contributed by atoms with E-state index in [1.807, 2.05) is 39.8 Å². The molecule has 0 aliphatic carbocycles. The molecule has 2 nitrogen and oxygen atoms in total. The number of aromatic hydroxyl groups is 2. The first-order valence-electron chi connectivity index (χ1n) is 6.01. The molecule has 0 aliphatic heterocycles. The summed E-state index contributed by atoms with van der Waals surface area (Å²) in [6.45, 7) is 7.91. The van der Waals surface area contributed by atoms with E-state index in [2.05, 4.69) is 0 Å². The number of rotatable bonds is 1. The van der Waals surface area contributed by atoms with E-state index in [0.29, 0.717) is 5.56 Å². The molecule has 0 unspecified atom stereocenters. The molecule has 94 valence electrons. The average molecular weight is 242 g/mol. The van der Waals surface area contributed by atoms with Crippen molar-refractivity contribution in [2.45, 2.75) is 27.7 Å². The van der Waals surface area contributed by atoms with E-state index in [1.165, 1.54) is 0 Å². The van der Waals surface area contributed by atoms with Gasteiger partial charge in [-0.05, 0) is 68.1 Å². The second-order valence-electron chi connectivity index (χ2n) is 4.86. The third-order valence-corrected chi connectivity index (χ3v) is 3.60. The van der Waals surface area contributed by atoms with E-state index in [9.17, 15) is 10.2 Å². The average Bonchev–Trinajstić information content (AvgIpc) is 2.31. The summed E-state index contributed by atoms with van der Waals surface area (Å²) >= 11 is 0. The van der Waals surface area contributed by atoms with Crippen LogP contribution in [0.4, 0.5) is 0 Å². The summed E-state index contributed by atoms with van der Waals surface area (Å²) in [7, 11) is 0. The molecule has 0 saturated carbocycles. The highest BCUT2D eigenvalue weighted by Gasteiger charge is 2.14. The topological polar surface area (TPSA) is 40.5 Å². The first-order chi connectivity index (χ1) is 8.41. The molecule has 2 rings (SSSR count). The van der Waals surface area contributed by atoms with Crippen molar-refractivity contribution in [3.63, 3.8) is 0 Å². The Kier molecular flexibility index (Phi) is 3.04. The summed E-state index contributed by atoms with van der Waals surface area (Å²) in [4.78, 5) is 0. The lowest BCUT2D eigenvalue weighted by Gasteiger charge is -2.14. The van der Waals surface area contributed by atoms with Crippen LogP contribution in [0.5, 0.6) is 11.5 Å². The first kappa shape index (κ1) is 12.5. The van der Waals surface area contributed by atoms with Crippen LogP contribution in [0, 0.1) is 27.7 Å². The van der Waals surface area contributed by atoms with Gasteiger partial charge in [-0.2, -0.15) is 0 Å². The van der Waals surface area contributed by atoms with Gasteiger partial charge in [-0.15, -0.1) is 0 Å². The molecule has 0 spiro atoms. The zero-order chi connectivity index (χ0) is 13.4. The molecule has 0 atom stereocenters. The molecule has 18 heavy (non-hydrogen) atoms. The van der Waals surface area contributed by atoms with Crippen molar-refractivity contribution >= 4 is 0 Å². The van der Waals surface area contributed by atoms with Crippen LogP contribution < -0.4 is 0 Å². The van der Waals surface area contributed by atoms with E-state index in [1.54, 1.807) is 12.1 Å². The lowest BCUT2D eigenvalue weighted by atomic mass is 9.93. The van der Waals surface area contributed by atoms with Crippen molar-refractivity contribution in [1.29, 1.82) is 0 Å². The number of phenols is 2. The Morgan fingerprint density at radius 1 is 0.722 bits per heavy atom. The van der Waals surface area contributed by atoms with Gasteiger partial charge in [0.05, 0.1) is 0 Å². The Labute approximate surface area is 108 Å². The van der Waals surface area contributed by atoms with Gasteiger partial charge in [-0.1, -0.05) is 6.07 Å². The van der Waals surface area contributed by atoms with Gasteiger partial charge in [0.15, 0.2) is 0 Å². The minimum Gasteiger partial charge on any atom is -0.507 e. The summed E-state index contributed by atoms with van der Waals surface area (Å²) < 4.78 is 0. The summed E-state index contributed by atoms with van der Waals surface area (Å²) in [5.74, 6) is 0.416. The van der Waals surface area contributed by atoms with Gasteiger partial charge in [0.2, 0.25) is 0 Å². The molecule has 2 aromatic carbocycles. The van der Waals surface area contributed by atoms with Crippen LogP contribution >= 0.6 is 0 Å². The van der Waals surface area contributed by atoms with E-state index < -0.39 is 0 Å². The van der Waals surface area contributed by atoms with Crippen molar-refractivity contribution in [3.8, 4) is 22.6 Å². The smallest absolute Gasteiger partial charge is 0.123 e. The zero-order valence-electron chi connectivity index (χ0n) is 11.2. The highest BCUT2D eigenvalue weighted by molar-refractivity contribution is 5.79. The molecule has 0 saturated heterocycles. The normalized spacial score (nSPS) is 10.7. The maximum Gasteiger partial charge on any atom is 0.123 e. The molecule has 0 amide bonds. The van der Waals surface area contributed by atoms with Crippen LogP contribution in [0.25, 0.3) is 11.1 Å². The molecule has 2 N–H and O–H groups in total. The monoisotopic (exact) mass is 242 g/mol. The van der Waals surface area contributed by atoms with Gasteiger partial charge >= 0.3 is 0 Å². The van der Waals surface area contributed by atoms with Crippen molar-refractivity contribution in [2.75, 3.05) is 0 Å². The van der Waals surface area contributed by atoms with Gasteiger partial charge in [0.1, 0.15) is 11.5 Å². The van der Waals surface area contributed by atoms with Crippen molar-refractivity contribution in [3.05, 3.63) is 46.5 Å². The Morgan fingerprint density at radius 2 is 1.33 bits per heavy atom. The molecule has 0 heterocycles. The third kappa shape index (κ3) is 1.94. The van der Waals surface area contributed by atoms with Crippen molar-refractivity contribution < 1.29 is 10.2 Å². The minimum atomic E-state index is 0.205. The Balaban J connectivity index is 2.77. The number of benzene rings is 2. The van der Waals surface area contributed by atoms with E-state index >= 15 is 0 Å². The molecule has 2 aromatic rings. The van der Waals surface area contributed by atoms with Gasteiger partial charge in [0, 0.05) is 11.1 Å². The van der Waals surface area contributed by atoms with Gasteiger partial charge in [-0.25, -0.2) is 0 Å². The second kappa shape index (κ2) is 4.37. The molecular formula is C16H18O2. The maximum absolute atomic E-state index is 10.1. The van der Waals surface area contributed by atoms with E-state index in [-0.39, 0.29) is 11.5 Å². The molecule has 2 heteroatoms. The Hall–Kier alpha value is -1.96. The molecule has 0 radical (unpaired) electrons. The predicted octanol–water partition coefficient (Wildman–Crippen LogP) is 4.00. The maximum atomic E-state index is 10.1. The Bertz CT molecular complexity index is 613. The van der Waals surface area contributed by atoms with Crippen LogP contribution in [-0.2, 0) is 0 Å². The van der Waals surface area contributed by atoms with Crippen LogP contribution in [0.1, 0.15) is 22.3 Å². The van der Waals surface area contributed by atoms with Crippen molar-refractivity contribution in [1.82, 2.24) is 0 Å². The van der Waals surface area contributed by atoms with Crippen molar-refractivity contribution in [2.24, 2.45) is 0 Å². The molecule has 0 aromatic heterocycles. The number of phenolic OH excluding ortho intramolecular Hbond substituents is 2. The fourth-order valence-electron chi connectivity index (χ4n) is 2.14. The van der Waals surface area contributed by atoms with Gasteiger partial charge in [-0.3, -0.25) is 0 Å². The minimum absolute atomic E-state index is 0.205. The quantitative estimate of drug-likeness (QED) is 0.793. The summed E-state index contributed by atoms with van der Waals surface area (Å²) in [5.41, 5.74) is 5.64. The summed E-state index contributed by atoms with van der Waals surface area (Å²) in [6, 6.07) is 7.22. The summed E-state index contributed by atoms with van der Waals surface area (Å²) in [6.07, 6.45) is 0. The number of hydrogen-bond donors (Lipinski definition) is 2. The number of hydrogen-bond acceptors (Lipinski definition) is 2. The standard InChI is InChI=1S/C16H18O2/c1-9-5-6-14(17)16(12(9)4)13-7-10(2)11(3)8-15(13)18/h5-8,17-18H,1-4H3. The van der Waals surface area contributed by atoms with Gasteiger partial charge < -0.3 is 10.2 Å². The van der Waals surface area contributed by atoms with Crippen LogP contribution in [0.3, 0.4) is 0 Å². The van der Waals surface area contributed by atoms with Crippen LogP contribution in [-0.4, -0.2) is 10.2 Å². The molecule has 0 fully saturated rings. The third-order valence-electron chi connectivity index (χ3n) is 3.60. The lowest BCUT2D eigenvalue weighted by Crippen LogP contribution is -1.91. The fourth-order valence-corrected chi connectivity index (χ4v) is 2.14. The fraction of sp³-hybridized carbons (Fsp3) is 0.250. The predicted molar refractivity (Wildman–Crippen MR) is 74.2 cm³/mol. The van der Waals surface area contributed by atoms with E-state index in [4.69, 9.17) is 0 Å². The summed E-state index contributed by atoms with van der Waals surface area (Å²) in [5, 5.41) is 20.1. The SMILES string of the molecule is Cc1cc(O)c(-c2c(O)ccc(C)c2C)cc1C. The lowest BCUT2D eigenvalue weighted by molar-refractivity contribution is 0.468. The number of aryl methyl sites for hydroxylation is 3. The first-order valence-corrected chi connectivity index (χ1v) is 6.01. The van der Waals surface area contributed by atoms with Gasteiger partial charge in [0.25, 0.3) is 0 Å². The van der Waals surface area contributed by atoms with E-state index in [0.717, 1.165) is 27.8 Å². The highest BCUT2D eigenvalue weighted by atomic mass is 16.3. The highest BCUT2D eigenvalue weighted by Crippen LogP contribution is 2.39. The second-order valence-corrected chi connectivity index (χ2v) is 4.86. The molecular weight excluding hydrogens is 224 g/mol. The Morgan fingerprint density at radius 3 is 2.00 bits per heavy atom. The zero-order valence-corrected chi connectivity index (χ0v) is 11.2. The molecule has 0 aliphatic rings. The molecule has 0 bridgehead atoms. The largest absolute Gasteiger partial charge is 0.507 e.